The van der Waals surface area contributed by atoms with Crippen LogP contribution in [-0.2, 0) is 4.79 Å². The van der Waals surface area contributed by atoms with Crippen molar-refractivity contribution in [3.63, 3.8) is 0 Å². The first-order chi connectivity index (χ1) is 18.7. The van der Waals surface area contributed by atoms with Gasteiger partial charge in [0.05, 0.1) is 27.0 Å². The molecule has 1 heterocycles. The summed E-state index contributed by atoms with van der Waals surface area (Å²) in [6.45, 7) is 9.34. The molecule has 0 aliphatic heterocycles. The minimum Gasteiger partial charge on any atom is -0.493 e. The predicted molar refractivity (Wildman–Crippen MR) is 155 cm³/mol. The number of benzene rings is 2. The highest BCUT2D eigenvalue weighted by atomic mass is 32.1. The lowest BCUT2D eigenvalue weighted by atomic mass is 9.98. The molecule has 0 aliphatic carbocycles. The van der Waals surface area contributed by atoms with Crippen LogP contribution >= 0.6 is 11.5 Å². The number of nitrogens with one attached hydrogen (secondary N) is 1. The molecule has 214 valence electrons. The Morgan fingerprint density at radius 3 is 2.02 bits per heavy atom. The number of methoxy groups -OCH3 is 3. The van der Waals surface area contributed by atoms with Gasteiger partial charge in [0.15, 0.2) is 17.2 Å². The van der Waals surface area contributed by atoms with E-state index in [0.29, 0.717) is 28.5 Å². The summed E-state index contributed by atoms with van der Waals surface area (Å²) in [6, 6.07) is 7.38. The van der Waals surface area contributed by atoms with Crippen molar-refractivity contribution in [3.05, 3.63) is 57.6 Å². The van der Waals surface area contributed by atoms with Gasteiger partial charge in [-0.2, -0.15) is 4.37 Å². The molecular formula is C28H35N5O6S. The molecule has 0 aliphatic rings. The number of hydrogen-bond acceptors (Lipinski definition) is 9. The Morgan fingerprint density at radius 2 is 1.57 bits per heavy atom. The number of carbonyl (C=O) groups excluding carboxylic acids is 3. The smallest absolute Gasteiger partial charge is 0.273 e. The van der Waals surface area contributed by atoms with Crippen LogP contribution in [0.15, 0.2) is 30.3 Å². The minimum absolute atomic E-state index is 0.0342. The Hall–Kier alpha value is -4.32. The van der Waals surface area contributed by atoms with Gasteiger partial charge in [0.1, 0.15) is 10.9 Å². The van der Waals surface area contributed by atoms with Gasteiger partial charge in [-0.25, -0.2) is 0 Å². The van der Waals surface area contributed by atoms with Gasteiger partial charge < -0.3 is 31.0 Å². The van der Waals surface area contributed by atoms with Crippen molar-refractivity contribution in [1.29, 1.82) is 0 Å². The third-order valence-electron chi connectivity index (χ3n) is 6.15. The molecule has 3 rings (SSSR count). The number of amides is 3. The van der Waals surface area contributed by atoms with Crippen molar-refractivity contribution < 1.29 is 28.6 Å². The lowest BCUT2D eigenvalue weighted by molar-refractivity contribution is -0.123. The summed E-state index contributed by atoms with van der Waals surface area (Å²) in [4.78, 5) is 41.5. The van der Waals surface area contributed by atoms with Crippen LogP contribution in [0, 0.1) is 13.8 Å². The summed E-state index contributed by atoms with van der Waals surface area (Å²) in [6.07, 6.45) is 0. The highest BCUT2D eigenvalue weighted by Gasteiger charge is 2.38. The van der Waals surface area contributed by atoms with Crippen LogP contribution in [0.25, 0.3) is 0 Å². The monoisotopic (exact) mass is 569 g/mol. The van der Waals surface area contributed by atoms with Gasteiger partial charge in [-0.15, -0.1) is 0 Å². The number of hydrogen-bond donors (Lipinski definition) is 3. The van der Waals surface area contributed by atoms with E-state index >= 15 is 0 Å². The maximum Gasteiger partial charge on any atom is 0.273 e. The molecule has 11 nitrogen and oxygen atoms in total. The number of nitrogen functional groups attached to an aromatic ring is 1. The van der Waals surface area contributed by atoms with E-state index in [4.69, 9.17) is 25.7 Å². The number of nitrogens with zero attached hydrogens (tertiary/aromatic N) is 2. The Labute approximate surface area is 237 Å². The summed E-state index contributed by atoms with van der Waals surface area (Å²) in [7, 11) is 4.39. The molecular weight excluding hydrogens is 534 g/mol. The van der Waals surface area contributed by atoms with Crippen molar-refractivity contribution in [1.82, 2.24) is 9.69 Å². The van der Waals surface area contributed by atoms with Gasteiger partial charge in [0.25, 0.3) is 11.8 Å². The first-order valence-electron chi connectivity index (χ1n) is 12.3. The molecule has 3 amide bonds. The van der Waals surface area contributed by atoms with Crippen LogP contribution in [0.4, 0.5) is 11.4 Å². The highest BCUT2D eigenvalue weighted by molar-refractivity contribution is 7.09. The molecule has 0 saturated heterocycles. The molecule has 3 aromatic rings. The zero-order valence-corrected chi connectivity index (χ0v) is 24.7. The quantitative estimate of drug-likeness (QED) is 0.351. The van der Waals surface area contributed by atoms with Gasteiger partial charge in [-0.3, -0.25) is 19.3 Å². The van der Waals surface area contributed by atoms with E-state index in [2.05, 4.69) is 9.69 Å². The minimum atomic E-state index is -1.24. The van der Waals surface area contributed by atoms with Crippen LogP contribution in [0.2, 0.25) is 0 Å². The van der Waals surface area contributed by atoms with Crippen LogP contribution in [0.3, 0.4) is 0 Å². The van der Waals surface area contributed by atoms with E-state index in [9.17, 15) is 14.4 Å². The summed E-state index contributed by atoms with van der Waals surface area (Å²) in [5.74, 6) is -1.07. The molecule has 0 radical (unpaired) electrons. The lowest BCUT2D eigenvalue weighted by Crippen LogP contribution is -2.49. The fourth-order valence-electron chi connectivity index (χ4n) is 4.11. The normalized spacial score (nSPS) is 11.9. The topological polar surface area (TPSA) is 159 Å². The molecule has 1 unspecified atom stereocenters. The molecule has 40 heavy (non-hydrogen) atoms. The Balaban J connectivity index is 2.38. The molecule has 12 heteroatoms. The summed E-state index contributed by atoms with van der Waals surface area (Å²) in [5, 5.41) is 2.98. The number of aromatic nitrogens is 1. The van der Waals surface area contributed by atoms with Gasteiger partial charge in [0, 0.05) is 11.2 Å². The summed E-state index contributed by atoms with van der Waals surface area (Å²) in [5.41, 5.74) is 13.2. The number of rotatable bonds is 9. The number of primary amides is 1. The van der Waals surface area contributed by atoms with E-state index in [1.54, 1.807) is 24.3 Å². The number of anilines is 2. The second-order valence-electron chi connectivity index (χ2n) is 10.2. The van der Waals surface area contributed by atoms with E-state index in [1.807, 2.05) is 40.7 Å². The van der Waals surface area contributed by atoms with Crippen molar-refractivity contribution in [2.24, 2.45) is 5.73 Å². The molecule has 0 fully saturated rings. The highest BCUT2D eigenvalue weighted by Crippen LogP contribution is 2.42. The fraction of sp³-hybridized carbons (Fsp3) is 0.357. The van der Waals surface area contributed by atoms with Gasteiger partial charge in [0.2, 0.25) is 11.7 Å². The molecule has 0 saturated carbocycles. The first-order valence-corrected chi connectivity index (χ1v) is 13.1. The van der Waals surface area contributed by atoms with Crippen LogP contribution in [-0.4, -0.2) is 49.0 Å². The molecule has 2 aromatic carbocycles. The average Bonchev–Trinajstić information content (AvgIpc) is 3.28. The Morgan fingerprint density at radius 1 is 0.975 bits per heavy atom. The van der Waals surface area contributed by atoms with E-state index < -0.39 is 29.3 Å². The van der Waals surface area contributed by atoms with Crippen molar-refractivity contribution in [2.45, 2.75) is 46.2 Å². The van der Waals surface area contributed by atoms with Gasteiger partial charge >= 0.3 is 0 Å². The zero-order valence-electron chi connectivity index (χ0n) is 23.9. The van der Waals surface area contributed by atoms with Crippen molar-refractivity contribution >= 4 is 40.6 Å². The SMILES string of the molecule is COc1cc(C(C(=O)NC(C)(C)C)N(C(=O)c2snc(C(N)=O)c2N)c2ccc(C)c(C)c2)cc(OC)c1OC. The molecule has 0 bridgehead atoms. The molecule has 0 spiro atoms. The summed E-state index contributed by atoms with van der Waals surface area (Å²) < 4.78 is 20.6. The lowest BCUT2D eigenvalue weighted by Gasteiger charge is -2.34. The molecule has 5 N–H and O–H groups in total. The van der Waals surface area contributed by atoms with E-state index in [-0.39, 0.29) is 16.3 Å². The Kier molecular flexibility index (Phi) is 8.93. The number of nitrogens with two attached hydrogens (primary N) is 2. The number of carbonyl (C=O) groups is 3. The predicted octanol–water partition coefficient (Wildman–Crippen LogP) is 3.77. The largest absolute Gasteiger partial charge is 0.493 e. The third-order valence-corrected chi connectivity index (χ3v) is 7.00. The number of aryl methyl sites for hydroxylation is 2. The van der Waals surface area contributed by atoms with Crippen LogP contribution < -0.4 is 35.9 Å². The van der Waals surface area contributed by atoms with E-state index in [1.165, 1.54) is 26.2 Å². The second kappa shape index (κ2) is 11.8. The maximum absolute atomic E-state index is 14.3. The van der Waals surface area contributed by atoms with Crippen molar-refractivity contribution in [3.8, 4) is 17.2 Å². The third kappa shape index (κ3) is 6.12. The Bertz CT molecular complexity index is 1420. The van der Waals surface area contributed by atoms with Gasteiger partial charge in [-0.05, 0) is 87.1 Å². The van der Waals surface area contributed by atoms with Crippen LogP contribution in [0.1, 0.15) is 63.7 Å². The fourth-order valence-corrected chi connectivity index (χ4v) is 4.85. The van der Waals surface area contributed by atoms with Crippen molar-refractivity contribution in [2.75, 3.05) is 32.0 Å². The average molecular weight is 570 g/mol. The van der Waals surface area contributed by atoms with E-state index in [0.717, 1.165) is 22.7 Å². The summed E-state index contributed by atoms with van der Waals surface area (Å²) >= 11 is 0.734. The zero-order chi connectivity index (χ0) is 29.9. The first kappa shape index (κ1) is 30.2. The maximum atomic E-state index is 14.3. The van der Waals surface area contributed by atoms with Crippen LogP contribution in [0.5, 0.6) is 17.2 Å². The van der Waals surface area contributed by atoms with Gasteiger partial charge in [-0.1, -0.05) is 6.07 Å². The second-order valence-corrected chi connectivity index (χ2v) is 11.0. The standard InChI is InChI=1S/C28H35N5O6S/c1-14-9-10-17(11-15(14)2)33(27(36)24-20(29)21(25(30)34)32-40-24)22(26(35)31-28(3,4)5)16-12-18(37-6)23(39-8)19(13-16)38-7/h9-13,22H,29H2,1-8H3,(H2,30,34)(H,31,35). The number of ether oxygens (including phenoxy) is 3. The molecule has 1 atom stereocenters. The molecule has 1 aromatic heterocycles.